The molecule has 2 unspecified atom stereocenters. The average molecular weight is 544 g/mol. The van der Waals surface area contributed by atoms with E-state index in [1.165, 1.54) is 0 Å². The summed E-state index contributed by atoms with van der Waals surface area (Å²) in [6.07, 6.45) is 2.71. The Balaban J connectivity index is 2.09. The summed E-state index contributed by atoms with van der Waals surface area (Å²) in [6.45, 7) is -0.918. The van der Waals surface area contributed by atoms with Gasteiger partial charge in [-0.25, -0.2) is 18.5 Å². The molecule has 34 heavy (non-hydrogen) atoms. The molecule has 5 atom stereocenters. The number of hydrogen-bond acceptors (Lipinski definition) is 10. The van der Waals surface area contributed by atoms with Crippen molar-refractivity contribution in [1.82, 2.24) is 9.55 Å². The van der Waals surface area contributed by atoms with E-state index in [1.807, 2.05) is 4.98 Å². The van der Waals surface area contributed by atoms with Gasteiger partial charge in [-0.15, -0.1) is 12.3 Å². The molecule has 0 radical (unpaired) electrons. The van der Waals surface area contributed by atoms with Crippen LogP contribution in [0.5, 0.6) is 0 Å². The molecule has 1 aliphatic heterocycles. The number of aliphatic hydroxyl groups excluding tert-OH is 1. The van der Waals surface area contributed by atoms with Crippen LogP contribution in [0.15, 0.2) is 15.8 Å². The lowest BCUT2D eigenvalue weighted by atomic mass is 10.2. The van der Waals surface area contributed by atoms with Gasteiger partial charge in [-0.05, 0) is 0 Å². The van der Waals surface area contributed by atoms with E-state index in [9.17, 15) is 33.3 Å². The summed E-state index contributed by atoms with van der Waals surface area (Å²) in [4.78, 5) is 61.7. The largest absolute Gasteiger partial charge is 0.490 e. The molecule has 0 bridgehead atoms. The monoisotopic (exact) mass is 544 g/mol. The van der Waals surface area contributed by atoms with Crippen LogP contribution in [0.4, 0.5) is 0 Å². The van der Waals surface area contributed by atoms with Crippen molar-refractivity contribution >= 4 is 23.5 Å². The van der Waals surface area contributed by atoms with Crippen LogP contribution in [-0.4, -0.2) is 53.0 Å². The molecule has 0 spiro atoms. The molecule has 1 aliphatic rings. The molecule has 0 saturated carbocycles. The topological polar surface area (TPSA) is 244 Å². The Hall–Kier alpha value is -1.87. The zero-order valence-corrected chi connectivity index (χ0v) is 19.6. The zero-order chi connectivity index (χ0) is 25.7. The van der Waals surface area contributed by atoms with Crippen molar-refractivity contribution in [2.45, 2.75) is 37.7 Å². The number of terminal acetylenes is 1. The maximum atomic E-state index is 12.2. The highest BCUT2D eigenvalue weighted by atomic mass is 31.3. The van der Waals surface area contributed by atoms with Crippen molar-refractivity contribution in [2.75, 3.05) is 6.61 Å². The smallest absolute Gasteiger partial charge is 0.390 e. The van der Waals surface area contributed by atoms with Gasteiger partial charge >= 0.3 is 29.2 Å². The van der Waals surface area contributed by atoms with Gasteiger partial charge in [0.15, 0.2) is 0 Å². The fraction of sp³-hybridized carbons (Fsp3) is 0.467. The highest BCUT2D eigenvalue weighted by molar-refractivity contribution is 7.66. The molecule has 1 aromatic heterocycles. The molecule has 2 heterocycles. The minimum atomic E-state index is -5.71. The predicted molar refractivity (Wildman–Crippen MR) is 111 cm³/mol. The van der Waals surface area contributed by atoms with E-state index in [0.29, 0.717) is 12.8 Å². The van der Waals surface area contributed by atoms with Crippen molar-refractivity contribution < 1.29 is 56.3 Å². The van der Waals surface area contributed by atoms with Crippen LogP contribution in [0.3, 0.4) is 0 Å². The summed E-state index contributed by atoms with van der Waals surface area (Å²) in [5, 5.41) is 10.1. The highest BCUT2D eigenvalue weighted by Crippen LogP contribution is 2.66. The molecule has 188 valence electrons. The average Bonchev–Trinajstić information content (AvgIpc) is 3.02. The third-order valence-electron chi connectivity index (χ3n) is 3.92. The molecule has 1 aromatic rings. The van der Waals surface area contributed by atoms with Gasteiger partial charge in [-0.2, -0.15) is 8.62 Å². The third kappa shape index (κ3) is 8.73. The summed E-state index contributed by atoms with van der Waals surface area (Å²) < 4.78 is 51.6. The lowest BCUT2D eigenvalue weighted by Crippen LogP contribution is -2.33. The number of nitrogens with zero attached hydrogens (tertiary/aromatic N) is 1. The van der Waals surface area contributed by atoms with Crippen LogP contribution >= 0.6 is 23.5 Å². The second kappa shape index (κ2) is 11.2. The Bertz CT molecular complexity index is 1260. The number of ether oxygens (including phenoxy) is 1. The molecular formula is C15H19N2O14P3. The molecule has 19 heteroatoms. The fourth-order valence-corrected chi connectivity index (χ4v) is 5.62. The molecule has 1 saturated heterocycles. The second-order valence-corrected chi connectivity index (χ2v) is 11.0. The molecule has 0 amide bonds. The van der Waals surface area contributed by atoms with Crippen molar-refractivity contribution in [2.24, 2.45) is 0 Å². The van der Waals surface area contributed by atoms with Crippen molar-refractivity contribution in [3.63, 3.8) is 0 Å². The number of aromatic nitrogens is 2. The molecule has 0 aliphatic carbocycles. The van der Waals surface area contributed by atoms with Gasteiger partial charge < -0.3 is 29.4 Å². The van der Waals surface area contributed by atoms with E-state index in [-0.39, 0.29) is 12.0 Å². The molecular weight excluding hydrogens is 525 g/mol. The Morgan fingerprint density at radius 3 is 2.44 bits per heavy atom. The zero-order valence-electron chi connectivity index (χ0n) is 16.9. The van der Waals surface area contributed by atoms with Crippen molar-refractivity contribution in [3.05, 3.63) is 32.6 Å². The highest BCUT2D eigenvalue weighted by Gasteiger charge is 2.43. The van der Waals surface area contributed by atoms with Crippen LogP contribution in [0.25, 0.3) is 0 Å². The third-order valence-corrected chi connectivity index (χ3v) is 7.72. The van der Waals surface area contributed by atoms with Gasteiger partial charge in [0.05, 0.1) is 12.7 Å². The lowest BCUT2D eigenvalue weighted by molar-refractivity contribution is -0.0450. The van der Waals surface area contributed by atoms with Gasteiger partial charge in [-0.1, -0.05) is 11.8 Å². The van der Waals surface area contributed by atoms with E-state index in [4.69, 9.17) is 25.8 Å². The number of H-pyrrole nitrogens is 1. The number of unbranched alkanes of at least 4 members (excludes halogenated alkanes) is 1. The number of nitrogens with one attached hydrogen (secondary N) is 1. The van der Waals surface area contributed by atoms with E-state index in [1.54, 1.807) is 0 Å². The predicted octanol–water partition coefficient (Wildman–Crippen LogP) is -0.707. The van der Waals surface area contributed by atoms with Gasteiger partial charge in [-0.3, -0.25) is 18.9 Å². The maximum absolute atomic E-state index is 12.2. The minimum absolute atomic E-state index is 0.0913. The first-order valence-electron chi connectivity index (χ1n) is 9.02. The summed E-state index contributed by atoms with van der Waals surface area (Å²) in [6, 6.07) is 0. The Kier molecular flexibility index (Phi) is 9.38. The Morgan fingerprint density at radius 2 is 1.82 bits per heavy atom. The maximum Gasteiger partial charge on any atom is 0.490 e. The summed E-state index contributed by atoms with van der Waals surface area (Å²) in [5.41, 5.74) is -1.76. The Morgan fingerprint density at radius 1 is 1.15 bits per heavy atom. The van der Waals surface area contributed by atoms with Crippen LogP contribution in [-0.2, 0) is 31.6 Å². The molecule has 0 aromatic carbocycles. The Labute approximate surface area is 190 Å². The number of rotatable bonds is 9. The van der Waals surface area contributed by atoms with E-state index >= 15 is 0 Å². The number of aliphatic hydroxyl groups is 1. The van der Waals surface area contributed by atoms with Crippen molar-refractivity contribution in [3.8, 4) is 24.2 Å². The lowest BCUT2D eigenvalue weighted by Gasteiger charge is -2.19. The molecule has 6 N–H and O–H groups in total. The normalized spacial score (nSPS) is 23.8. The first-order chi connectivity index (χ1) is 15.6. The standard InChI is InChI=1S/C15H19N2O14P3/c1-2-3-4-5-6-10-8-17(15(20)16-14(10)19)13-7-11(18)12(29-13)9-28-33(24,25)31-34(26,27)30-32(21,22)23/h1,8,11-13,18H,3-4,7,9H2,(H,24,25)(H,26,27)(H,16,19,20)(H2,21,22,23)/t11-,12-,13-/m1/s1. The second-order valence-electron chi connectivity index (χ2n) is 6.53. The van der Waals surface area contributed by atoms with Gasteiger partial charge in [0.25, 0.3) is 5.56 Å². The van der Waals surface area contributed by atoms with E-state index in [0.717, 1.165) is 10.8 Å². The van der Waals surface area contributed by atoms with E-state index < -0.39 is 59.8 Å². The number of aromatic amines is 1. The van der Waals surface area contributed by atoms with E-state index in [2.05, 4.69) is 30.9 Å². The summed E-state index contributed by atoms with van der Waals surface area (Å²) >= 11 is 0. The minimum Gasteiger partial charge on any atom is -0.390 e. The van der Waals surface area contributed by atoms with Gasteiger partial charge in [0.1, 0.15) is 17.9 Å². The summed E-state index contributed by atoms with van der Waals surface area (Å²) in [5.74, 6) is 7.57. The number of phosphoric ester groups is 1. The van der Waals surface area contributed by atoms with Gasteiger partial charge in [0, 0.05) is 25.5 Å². The summed E-state index contributed by atoms with van der Waals surface area (Å²) in [7, 11) is -16.7. The fourth-order valence-electron chi connectivity index (χ4n) is 2.59. The van der Waals surface area contributed by atoms with Crippen LogP contribution < -0.4 is 11.2 Å². The first kappa shape index (κ1) is 28.4. The first-order valence-corrected chi connectivity index (χ1v) is 13.5. The molecule has 16 nitrogen and oxygen atoms in total. The molecule has 1 fully saturated rings. The number of phosphoric acid groups is 3. The SMILES string of the molecule is C#CCCC#Cc1cn([C@H]2C[C@@H](O)[C@@H](COP(=O)(O)OP(=O)(O)OP(=O)(O)O)O2)c(=O)[nH]c1=O. The van der Waals surface area contributed by atoms with Gasteiger partial charge in [0.2, 0.25) is 0 Å². The quantitative estimate of drug-likeness (QED) is 0.128. The van der Waals surface area contributed by atoms with Crippen LogP contribution in [0.1, 0.15) is 31.1 Å². The van der Waals surface area contributed by atoms with Crippen molar-refractivity contribution in [1.29, 1.82) is 0 Å². The molecule has 2 rings (SSSR count). The number of hydrogen-bond donors (Lipinski definition) is 6. The van der Waals surface area contributed by atoms with Crippen LogP contribution in [0, 0.1) is 24.2 Å². The van der Waals surface area contributed by atoms with Crippen LogP contribution in [0.2, 0.25) is 0 Å².